The van der Waals surface area contributed by atoms with Crippen molar-refractivity contribution in [1.82, 2.24) is 0 Å². The van der Waals surface area contributed by atoms with Crippen LogP contribution < -0.4 is 0 Å². The van der Waals surface area contributed by atoms with Crippen molar-refractivity contribution in [2.45, 2.75) is 250 Å². The van der Waals surface area contributed by atoms with E-state index in [1.54, 1.807) is 0 Å². The van der Waals surface area contributed by atoms with Crippen molar-refractivity contribution in [3.63, 3.8) is 0 Å². The van der Waals surface area contributed by atoms with Crippen LogP contribution in [0.2, 0.25) is 0 Å². The van der Waals surface area contributed by atoms with Crippen molar-refractivity contribution >= 4 is 23.9 Å². The third kappa shape index (κ3) is 40.3. The molecule has 0 aromatic carbocycles. The second kappa shape index (κ2) is 50.2. The summed E-state index contributed by atoms with van der Waals surface area (Å²) in [6, 6.07) is 0. The van der Waals surface area contributed by atoms with Crippen LogP contribution in [0.4, 0.5) is 0 Å². The first-order chi connectivity index (χ1) is 36.6. The van der Waals surface area contributed by atoms with Crippen LogP contribution in [-0.2, 0) is 42.9 Å². The molecule has 1 aliphatic heterocycles. The molecule has 3 N–H and O–H groups in total. The fraction of sp³-hybridized carbons (Fsp3) is 0.651. The number of ether oxygens (including phenoxy) is 5. The predicted molar refractivity (Wildman–Crippen MR) is 303 cm³/mol. The second-order valence-corrected chi connectivity index (χ2v) is 19.2. The number of aliphatic hydroxyl groups excluding tert-OH is 2. The Morgan fingerprint density at radius 3 is 1.33 bits per heavy atom. The zero-order chi connectivity index (χ0) is 54.7. The summed E-state index contributed by atoms with van der Waals surface area (Å²) < 4.78 is 28.3. The minimum atomic E-state index is -1.92. The van der Waals surface area contributed by atoms with E-state index >= 15 is 0 Å². The van der Waals surface area contributed by atoms with E-state index in [4.69, 9.17) is 23.7 Å². The molecule has 75 heavy (non-hydrogen) atoms. The molecule has 1 saturated heterocycles. The van der Waals surface area contributed by atoms with Gasteiger partial charge in [0.25, 0.3) is 0 Å². The van der Waals surface area contributed by atoms with Gasteiger partial charge in [0.2, 0.25) is 0 Å². The van der Waals surface area contributed by atoms with E-state index in [2.05, 4.69) is 118 Å². The topological polar surface area (TPSA) is 175 Å². The molecule has 0 aromatic rings. The number of carboxylic acids is 1. The van der Waals surface area contributed by atoms with E-state index in [9.17, 15) is 34.5 Å². The number of carbonyl (C=O) groups excluding carboxylic acids is 3. The molecule has 12 heteroatoms. The largest absolute Gasteiger partial charge is 0.479 e. The number of hydrogen-bond acceptors (Lipinski definition) is 11. The van der Waals surface area contributed by atoms with E-state index < -0.39 is 67.3 Å². The first kappa shape index (κ1) is 68.4. The summed E-state index contributed by atoms with van der Waals surface area (Å²) in [6.07, 6.45) is 55.2. The molecule has 0 bridgehead atoms. The molecule has 0 aromatic heterocycles. The molecule has 424 valence electrons. The van der Waals surface area contributed by atoms with Gasteiger partial charge in [0.1, 0.15) is 18.8 Å². The van der Waals surface area contributed by atoms with Crippen LogP contribution in [0, 0.1) is 0 Å². The number of unbranched alkanes of at least 4 members (excludes halogenated alkanes) is 15. The Bertz CT molecular complexity index is 1720. The summed E-state index contributed by atoms with van der Waals surface area (Å²) in [5.74, 6) is -3.26. The number of carbonyl (C=O) groups is 4. The molecule has 12 nitrogen and oxygen atoms in total. The standard InChI is InChI=1S/C63H100O12/c1-4-7-10-13-16-19-21-23-25-27-28-30-31-33-35-38-40-43-46-49-55(64)71-52-54(73-56(65)50-47-44-42-39-36-34-32-29-26-24-22-20-17-14-11-8-5-2)53-72-63-61(59(68)58(67)60(75-63)62(69)70)74-57(66)51-48-45-41-37-18-15-12-9-6-3/h7-8,10-11,16-17,19-20,23-26,28,30,33,35,40,43,54,58-61,63,67-68H,4-6,9,12-15,18,21-22,27,29,31-32,34,36-39,41-42,44-53H2,1-3H3,(H,69,70)/b10-7-,11-8-,19-16-,20-17-,25-23-,26-24-,30-28-,35-33-,43-40-. The van der Waals surface area contributed by atoms with E-state index in [1.807, 2.05) is 12.2 Å². The average Bonchev–Trinajstić information content (AvgIpc) is 3.39. The second-order valence-electron chi connectivity index (χ2n) is 19.2. The minimum absolute atomic E-state index is 0.0483. The average molecular weight is 1050 g/mol. The molecule has 1 rings (SSSR count). The highest BCUT2D eigenvalue weighted by Crippen LogP contribution is 2.26. The van der Waals surface area contributed by atoms with Crippen molar-refractivity contribution in [1.29, 1.82) is 0 Å². The van der Waals surface area contributed by atoms with Gasteiger partial charge in [-0.05, 0) is 89.9 Å². The van der Waals surface area contributed by atoms with Crippen LogP contribution in [0.1, 0.15) is 213 Å². The Morgan fingerprint density at radius 1 is 0.453 bits per heavy atom. The van der Waals surface area contributed by atoms with Gasteiger partial charge >= 0.3 is 23.9 Å². The van der Waals surface area contributed by atoms with Gasteiger partial charge in [-0.25, -0.2) is 4.79 Å². The molecule has 0 saturated carbocycles. The number of hydrogen-bond donors (Lipinski definition) is 3. The van der Waals surface area contributed by atoms with Gasteiger partial charge in [-0.3, -0.25) is 14.4 Å². The number of aliphatic hydroxyl groups is 2. The van der Waals surface area contributed by atoms with Gasteiger partial charge in [0.05, 0.1) is 6.61 Å². The van der Waals surface area contributed by atoms with Gasteiger partial charge in [-0.15, -0.1) is 0 Å². The van der Waals surface area contributed by atoms with E-state index in [0.717, 1.165) is 128 Å². The summed E-state index contributed by atoms with van der Waals surface area (Å²) in [6.45, 7) is 5.65. The van der Waals surface area contributed by atoms with E-state index in [-0.39, 0.29) is 25.9 Å². The minimum Gasteiger partial charge on any atom is -0.479 e. The Kier molecular flexibility index (Phi) is 45.8. The lowest BCUT2D eigenvalue weighted by molar-refractivity contribution is -0.301. The Balaban J connectivity index is 2.74. The van der Waals surface area contributed by atoms with Crippen molar-refractivity contribution in [3.05, 3.63) is 109 Å². The highest BCUT2D eigenvalue weighted by atomic mass is 16.7. The molecule has 6 atom stereocenters. The van der Waals surface area contributed by atoms with Crippen molar-refractivity contribution in [2.75, 3.05) is 13.2 Å². The van der Waals surface area contributed by atoms with Crippen LogP contribution in [0.25, 0.3) is 0 Å². The number of carboxylic acid groups (broad SMARTS) is 1. The summed E-state index contributed by atoms with van der Waals surface area (Å²) in [7, 11) is 0. The lowest BCUT2D eigenvalue weighted by Crippen LogP contribution is -2.61. The first-order valence-corrected chi connectivity index (χ1v) is 28.9. The molecule has 6 unspecified atom stereocenters. The number of esters is 3. The van der Waals surface area contributed by atoms with Gasteiger partial charge < -0.3 is 39.0 Å². The lowest BCUT2D eigenvalue weighted by Gasteiger charge is -2.40. The van der Waals surface area contributed by atoms with Gasteiger partial charge in [-0.2, -0.15) is 0 Å². The van der Waals surface area contributed by atoms with Crippen LogP contribution in [0.5, 0.6) is 0 Å². The molecule has 1 fully saturated rings. The fourth-order valence-corrected chi connectivity index (χ4v) is 8.00. The van der Waals surface area contributed by atoms with Crippen LogP contribution in [0.3, 0.4) is 0 Å². The van der Waals surface area contributed by atoms with Crippen LogP contribution in [0.15, 0.2) is 109 Å². The number of aliphatic carboxylic acids is 1. The monoisotopic (exact) mass is 1050 g/mol. The quantitative estimate of drug-likeness (QED) is 0.0228. The summed E-state index contributed by atoms with van der Waals surface area (Å²) >= 11 is 0. The van der Waals surface area contributed by atoms with Crippen molar-refractivity contribution in [2.24, 2.45) is 0 Å². The summed E-state index contributed by atoms with van der Waals surface area (Å²) in [4.78, 5) is 51.0. The molecule has 0 spiro atoms. The molecule has 1 aliphatic rings. The Labute approximate surface area is 453 Å². The van der Waals surface area contributed by atoms with E-state index in [1.165, 1.54) is 25.7 Å². The SMILES string of the molecule is CC/C=C\C/C=C\C/C=C\C/C=C\C/C=C\C/C=C\CCC(=O)OCC(COC1OC(C(=O)O)C(O)C(O)C1OC(=O)CCCCCCCCCCC)OC(=O)CCCCCCCCC/C=C\C/C=C\C/C=C\CC. The van der Waals surface area contributed by atoms with Gasteiger partial charge in [0, 0.05) is 19.3 Å². The lowest BCUT2D eigenvalue weighted by atomic mass is 9.98. The van der Waals surface area contributed by atoms with Crippen molar-refractivity contribution < 1.29 is 58.2 Å². The molecule has 0 radical (unpaired) electrons. The Hall–Kier alpha value is -4.62. The van der Waals surface area contributed by atoms with Gasteiger partial charge in [-0.1, -0.05) is 214 Å². The summed E-state index contributed by atoms with van der Waals surface area (Å²) in [5, 5.41) is 31.4. The first-order valence-electron chi connectivity index (χ1n) is 28.9. The maximum atomic E-state index is 13.1. The highest BCUT2D eigenvalue weighted by molar-refractivity contribution is 5.74. The number of allylic oxidation sites excluding steroid dienone is 18. The zero-order valence-electron chi connectivity index (χ0n) is 46.5. The van der Waals surface area contributed by atoms with Crippen LogP contribution in [-0.4, -0.2) is 89.2 Å². The third-order valence-corrected chi connectivity index (χ3v) is 12.4. The maximum absolute atomic E-state index is 13.1. The highest BCUT2D eigenvalue weighted by Gasteiger charge is 2.50. The molecule has 1 heterocycles. The Morgan fingerprint density at radius 2 is 0.867 bits per heavy atom. The summed E-state index contributed by atoms with van der Waals surface area (Å²) in [5.41, 5.74) is 0. The zero-order valence-corrected chi connectivity index (χ0v) is 46.5. The molecule has 0 amide bonds. The number of rotatable bonds is 47. The van der Waals surface area contributed by atoms with E-state index in [0.29, 0.717) is 19.3 Å². The molecule has 0 aliphatic carbocycles. The van der Waals surface area contributed by atoms with Gasteiger partial charge in [0.15, 0.2) is 24.6 Å². The molecular formula is C63H100O12. The maximum Gasteiger partial charge on any atom is 0.335 e. The molecular weight excluding hydrogens is 949 g/mol. The van der Waals surface area contributed by atoms with Crippen LogP contribution >= 0.6 is 0 Å². The fourth-order valence-electron chi connectivity index (χ4n) is 8.00. The predicted octanol–water partition coefficient (Wildman–Crippen LogP) is 14.7. The van der Waals surface area contributed by atoms with Crippen molar-refractivity contribution in [3.8, 4) is 0 Å². The smallest absolute Gasteiger partial charge is 0.335 e. The normalized spacial score (nSPS) is 19.0. The third-order valence-electron chi connectivity index (χ3n) is 12.4.